The van der Waals surface area contributed by atoms with E-state index in [4.69, 9.17) is 9.47 Å². The van der Waals surface area contributed by atoms with E-state index in [0.29, 0.717) is 5.75 Å². The highest BCUT2D eigenvalue weighted by Crippen LogP contribution is 2.25. The molecule has 0 amide bonds. The molecular formula is C18H37NO6S. The Morgan fingerprint density at radius 2 is 1.81 bits per heavy atom. The SMILES string of the molecule is CCC(C)(C)C(O)OCC(O)COC(=O)CCSCC(C)C(O)N(C)C. The number of hydrogen-bond donors (Lipinski definition) is 3. The van der Waals surface area contributed by atoms with Crippen molar-refractivity contribution in [1.82, 2.24) is 4.90 Å². The largest absolute Gasteiger partial charge is 0.463 e. The van der Waals surface area contributed by atoms with Gasteiger partial charge in [0.05, 0.1) is 13.0 Å². The van der Waals surface area contributed by atoms with Crippen molar-refractivity contribution in [3.8, 4) is 0 Å². The average molecular weight is 396 g/mol. The minimum atomic E-state index is -0.978. The molecule has 0 rings (SSSR count). The molecule has 8 heteroatoms. The number of carbonyl (C=O) groups excluding carboxylic acids is 1. The fourth-order valence-electron chi connectivity index (χ4n) is 1.93. The molecule has 3 N–H and O–H groups in total. The lowest BCUT2D eigenvalue weighted by Crippen LogP contribution is -2.35. The van der Waals surface area contributed by atoms with E-state index in [9.17, 15) is 20.1 Å². The number of aliphatic hydroxyl groups is 3. The van der Waals surface area contributed by atoms with E-state index in [1.54, 1.807) is 16.7 Å². The van der Waals surface area contributed by atoms with Crippen LogP contribution in [0.4, 0.5) is 0 Å². The van der Waals surface area contributed by atoms with Gasteiger partial charge in [0, 0.05) is 17.1 Å². The lowest BCUT2D eigenvalue weighted by molar-refractivity contribution is -0.184. The third-order valence-corrected chi connectivity index (χ3v) is 5.59. The zero-order chi connectivity index (χ0) is 20.3. The first-order valence-corrected chi connectivity index (χ1v) is 10.2. The topological polar surface area (TPSA) is 99.5 Å². The van der Waals surface area contributed by atoms with E-state index in [0.717, 1.165) is 12.2 Å². The molecule has 26 heavy (non-hydrogen) atoms. The summed E-state index contributed by atoms with van der Waals surface area (Å²) in [5, 5.41) is 29.6. The maximum absolute atomic E-state index is 11.7. The minimum absolute atomic E-state index is 0.0907. The van der Waals surface area contributed by atoms with Gasteiger partial charge in [0.1, 0.15) is 18.9 Å². The second kappa shape index (κ2) is 12.9. The van der Waals surface area contributed by atoms with Gasteiger partial charge in [-0.05, 0) is 26.3 Å². The Morgan fingerprint density at radius 1 is 1.19 bits per heavy atom. The molecule has 0 heterocycles. The first kappa shape index (κ1) is 25.6. The van der Waals surface area contributed by atoms with Crippen molar-refractivity contribution >= 4 is 17.7 Å². The van der Waals surface area contributed by atoms with Crippen molar-refractivity contribution in [1.29, 1.82) is 0 Å². The maximum atomic E-state index is 11.7. The lowest BCUT2D eigenvalue weighted by atomic mass is 9.89. The van der Waals surface area contributed by atoms with Gasteiger partial charge in [0.2, 0.25) is 0 Å². The molecule has 0 aliphatic carbocycles. The Bertz CT molecular complexity index is 394. The Labute approximate surface area is 162 Å². The Hall–Kier alpha value is -0.380. The smallest absolute Gasteiger partial charge is 0.306 e. The van der Waals surface area contributed by atoms with Gasteiger partial charge >= 0.3 is 5.97 Å². The van der Waals surface area contributed by atoms with E-state index in [1.165, 1.54) is 0 Å². The molecule has 0 radical (unpaired) electrons. The van der Waals surface area contributed by atoms with E-state index < -0.39 is 24.0 Å². The van der Waals surface area contributed by atoms with Crippen LogP contribution < -0.4 is 0 Å². The summed E-state index contributed by atoms with van der Waals surface area (Å²) < 4.78 is 10.3. The van der Waals surface area contributed by atoms with Crippen LogP contribution in [0.3, 0.4) is 0 Å². The number of ether oxygens (including phenoxy) is 2. The monoisotopic (exact) mass is 395 g/mol. The predicted octanol–water partition coefficient (Wildman–Crippen LogP) is 1.30. The van der Waals surface area contributed by atoms with Crippen LogP contribution in [-0.4, -0.2) is 83.6 Å². The number of thioether (sulfide) groups is 1. The second-order valence-corrected chi connectivity index (χ2v) is 8.69. The Morgan fingerprint density at radius 3 is 2.35 bits per heavy atom. The normalized spacial score (nSPS) is 17.0. The van der Waals surface area contributed by atoms with Gasteiger partial charge in [-0.1, -0.05) is 27.7 Å². The van der Waals surface area contributed by atoms with Gasteiger partial charge in [-0.15, -0.1) is 0 Å². The third-order valence-electron chi connectivity index (χ3n) is 4.33. The maximum Gasteiger partial charge on any atom is 0.306 e. The van der Waals surface area contributed by atoms with Crippen LogP contribution in [0.15, 0.2) is 0 Å². The fraction of sp³-hybridized carbons (Fsp3) is 0.944. The predicted molar refractivity (Wildman–Crippen MR) is 104 cm³/mol. The summed E-state index contributed by atoms with van der Waals surface area (Å²) in [6.45, 7) is 7.41. The lowest BCUT2D eigenvalue weighted by Gasteiger charge is -2.29. The van der Waals surface area contributed by atoms with Crippen molar-refractivity contribution in [2.75, 3.05) is 38.8 Å². The first-order chi connectivity index (χ1) is 12.0. The number of carbonyl (C=O) groups is 1. The zero-order valence-electron chi connectivity index (χ0n) is 17.0. The van der Waals surface area contributed by atoms with E-state index in [2.05, 4.69) is 0 Å². The second-order valence-electron chi connectivity index (χ2n) is 7.54. The molecule has 0 spiro atoms. The summed E-state index contributed by atoms with van der Waals surface area (Å²) in [6, 6.07) is 0. The summed E-state index contributed by atoms with van der Waals surface area (Å²) in [4.78, 5) is 13.4. The molecular weight excluding hydrogens is 358 g/mol. The molecule has 156 valence electrons. The molecule has 0 saturated heterocycles. The van der Waals surface area contributed by atoms with Crippen LogP contribution >= 0.6 is 11.8 Å². The molecule has 0 fully saturated rings. The summed E-state index contributed by atoms with van der Waals surface area (Å²) in [7, 11) is 3.64. The minimum Gasteiger partial charge on any atom is -0.463 e. The number of rotatable bonds is 14. The van der Waals surface area contributed by atoms with Crippen molar-refractivity contribution < 1.29 is 29.6 Å². The van der Waals surface area contributed by atoms with Crippen molar-refractivity contribution in [3.05, 3.63) is 0 Å². The van der Waals surface area contributed by atoms with Gasteiger partial charge in [-0.25, -0.2) is 0 Å². The van der Waals surface area contributed by atoms with Crippen LogP contribution in [0.1, 0.15) is 40.5 Å². The van der Waals surface area contributed by atoms with Crippen LogP contribution in [0.5, 0.6) is 0 Å². The quantitative estimate of drug-likeness (QED) is 0.230. The summed E-state index contributed by atoms with van der Waals surface area (Å²) in [5.74, 6) is 1.06. The van der Waals surface area contributed by atoms with Gasteiger partial charge in [0.15, 0.2) is 6.29 Å². The number of aliphatic hydroxyl groups excluding tert-OH is 3. The van der Waals surface area contributed by atoms with Gasteiger partial charge in [-0.2, -0.15) is 11.8 Å². The van der Waals surface area contributed by atoms with Crippen molar-refractivity contribution in [2.24, 2.45) is 11.3 Å². The average Bonchev–Trinajstić information content (AvgIpc) is 2.60. The number of nitrogens with zero attached hydrogens (tertiary/aromatic N) is 1. The van der Waals surface area contributed by atoms with Crippen LogP contribution in [0.2, 0.25) is 0 Å². The summed E-state index contributed by atoms with van der Waals surface area (Å²) in [5.41, 5.74) is -0.398. The molecule has 0 aromatic heterocycles. The molecule has 0 aliphatic rings. The number of esters is 1. The summed E-state index contributed by atoms with van der Waals surface area (Å²) in [6.07, 6.45) is -1.47. The molecule has 0 aromatic rings. The van der Waals surface area contributed by atoms with Gasteiger partial charge < -0.3 is 24.8 Å². The Balaban J connectivity index is 3.85. The van der Waals surface area contributed by atoms with Crippen LogP contribution in [0.25, 0.3) is 0 Å². The highest BCUT2D eigenvalue weighted by Gasteiger charge is 2.27. The zero-order valence-corrected chi connectivity index (χ0v) is 17.8. The molecule has 4 unspecified atom stereocenters. The fourth-order valence-corrected chi connectivity index (χ4v) is 2.95. The molecule has 0 bridgehead atoms. The molecule has 0 saturated carbocycles. The molecule has 4 atom stereocenters. The van der Waals surface area contributed by atoms with Crippen molar-refractivity contribution in [2.45, 2.75) is 59.2 Å². The van der Waals surface area contributed by atoms with Crippen LogP contribution in [-0.2, 0) is 14.3 Å². The van der Waals surface area contributed by atoms with E-state index >= 15 is 0 Å². The van der Waals surface area contributed by atoms with Gasteiger partial charge in [0.25, 0.3) is 0 Å². The van der Waals surface area contributed by atoms with Gasteiger partial charge in [-0.3, -0.25) is 9.69 Å². The third kappa shape index (κ3) is 10.7. The summed E-state index contributed by atoms with van der Waals surface area (Å²) >= 11 is 1.58. The Kier molecular flexibility index (Phi) is 12.7. The van der Waals surface area contributed by atoms with Crippen molar-refractivity contribution in [3.63, 3.8) is 0 Å². The molecule has 0 aromatic carbocycles. The highest BCUT2D eigenvalue weighted by atomic mass is 32.2. The first-order valence-electron chi connectivity index (χ1n) is 9.06. The number of hydrogen-bond acceptors (Lipinski definition) is 8. The van der Waals surface area contributed by atoms with E-state index in [1.807, 2.05) is 41.8 Å². The highest BCUT2D eigenvalue weighted by molar-refractivity contribution is 7.99. The standard InChI is InChI=1S/C18H37NO6S/c1-7-18(3,4)17(23)25-11-14(20)10-24-15(21)8-9-26-12-13(2)16(22)19(5)6/h13-14,16-17,20,22-23H,7-12H2,1-6H3. The molecule has 7 nitrogen and oxygen atoms in total. The van der Waals surface area contributed by atoms with E-state index in [-0.39, 0.29) is 31.5 Å². The van der Waals surface area contributed by atoms with Crippen LogP contribution in [0, 0.1) is 11.3 Å². The molecule has 0 aliphatic heterocycles.